The third kappa shape index (κ3) is 5.99. The summed E-state index contributed by atoms with van der Waals surface area (Å²) in [7, 11) is 0. The number of benzene rings is 1. The van der Waals surface area contributed by atoms with Crippen molar-refractivity contribution in [1.29, 1.82) is 0 Å². The first-order valence-corrected chi connectivity index (χ1v) is 4.74. The monoisotopic (exact) mass is 220 g/mol. The van der Waals surface area contributed by atoms with Gasteiger partial charge in [-0.2, -0.15) is 13.2 Å². The summed E-state index contributed by atoms with van der Waals surface area (Å²) < 4.78 is 39.8. The van der Waals surface area contributed by atoms with Gasteiger partial charge in [0.25, 0.3) is 0 Å². The molecule has 0 aliphatic heterocycles. The lowest BCUT2D eigenvalue weighted by atomic mass is 10.2. The van der Waals surface area contributed by atoms with Crippen molar-refractivity contribution in [2.75, 3.05) is 6.61 Å². The second kappa shape index (κ2) is 6.32. The summed E-state index contributed by atoms with van der Waals surface area (Å²) in [4.78, 5) is 0. The molecule has 0 heterocycles. The maximum Gasteiger partial charge on any atom is 0.422 e. The highest BCUT2D eigenvalue weighted by molar-refractivity contribution is 5.31. The molecule has 0 atom stereocenters. The van der Waals surface area contributed by atoms with Crippen LogP contribution >= 0.6 is 0 Å². The normalized spacial score (nSPS) is 10.3. The number of hydrogen-bond acceptors (Lipinski definition) is 1. The summed E-state index contributed by atoms with van der Waals surface area (Å²) in [5.41, 5.74) is 0.701. The van der Waals surface area contributed by atoms with Crippen LogP contribution in [0.2, 0.25) is 0 Å². The quantitative estimate of drug-likeness (QED) is 0.733. The van der Waals surface area contributed by atoms with Gasteiger partial charge in [0.05, 0.1) is 0 Å². The third-order valence-corrected chi connectivity index (χ3v) is 1.48. The molecule has 0 amide bonds. The maximum absolute atomic E-state index is 11.7. The molecule has 0 aliphatic carbocycles. The number of para-hydroxylation sites is 1. The Bertz CT molecular complexity index is 281. The van der Waals surface area contributed by atoms with E-state index in [1.54, 1.807) is 25.1 Å². The zero-order valence-electron chi connectivity index (χ0n) is 9.06. The van der Waals surface area contributed by atoms with Crippen molar-refractivity contribution in [2.24, 2.45) is 0 Å². The molecule has 1 aromatic rings. The molecule has 4 heteroatoms. The highest BCUT2D eigenvalue weighted by Crippen LogP contribution is 2.20. The van der Waals surface area contributed by atoms with Gasteiger partial charge in [-0.15, -0.1) is 0 Å². The van der Waals surface area contributed by atoms with Gasteiger partial charge in [0.1, 0.15) is 5.75 Å². The fourth-order valence-electron chi connectivity index (χ4n) is 0.878. The van der Waals surface area contributed by atoms with Crippen LogP contribution in [0.3, 0.4) is 0 Å². The Kier molecular flexibility index (Phi) is 5.82. The van der Waals surface area contributed by atoms with E-state index in [-0.39, 0.29) is 5.75 Å². The van der Waals surface area contributed by atoms with Crippen LogP contribution in [0.15, 0.2) is 24.3 Å². The average molecular weight is 220 g/mol. The Morgan fingerprint density at radius 1 is 1.13 bits per heavy atom. The second-order valence-electron chi connectivity index (χ2n) is 2.67. The van der Waals surface area contributed by atoms with Gasteiger partial charge in [-0.1, -0.05) is 32.0 Å². The van der Waals surface area contributed by atoms with Crippen molar-refractivity contribution in [3.05, 3.63) is 29.8 Å². The summed E-state index contributed by atoms with van der Waals surface area (Å²) in [6.07, 6.45) is -4.28. The SMILES string of the molecule is CC.Cc1ccccc1OCC(F)(F)F. The minimum absolute atomic E-state index is 0.278. The van der Waals surface area contributed by atoms with E-state index in [2.05, 4.69) is 4.74 Å². The zero-order chi connectivity index (χ0) is 11.9. The van der Waals surface area contributed by atoms with Gasteiger partial charge in [0.2, 0.25) is 0 Å². The standard InChI is InChI=1S/C9H9F3O.C2H6/c1-7-4-2-3-5-8(7)13-6-9(10,11)12;1-2/h2-5H,6H2,1H3;1-2H3. The number of ether oxygens (including phenoxy) is 1. The molecule has 0 aliphatic rings. The van der Waals surface area contributed by atoms with Crippen molar-refractivity contribution in [1.82, 2.24) is 0 Å². The molecule has 1 nitrogen and oxygen atoms in total. The summed E-state index contributed by atoms with van der Waals surface area (Å²) >= 11 is 0. The highest BCUT2D eigenvalue weighted by atomic mass is 19.4. The van der Waals surface area contributed by atoms with Gasteiger partial charge >= 0.3 is 6.18 Å². The van der Waals surface area contributed by atoms with Crippen LogP contribution in [-0.2, 0) is 0 Å². The van der Waals surface area contributed by atoms with Gasteiger partial charge in [-0.3, -0.25) is 0 Å². The summed E-state index contributed by atoms with van der Waals surface area (Å²) in [5, 5.41) is 0. The van der Waals surface area contributed by atoms with E-state index >= 15 is 0 Å². The van der Waals surface area contributed by atoms with Gasteiger partial charge in [-0.25, -0.2) is 0 Å². The molecule has 15 heavy (non-hydrogen) atoms. The topological polar surface area (TPSA) is 9.23 Å². The van der Waals surface area contributed by atoms with Crippen LogP contribution in [0.5, 0.6) is 5.75 Å². The van der Waals surface area contributed by atoms with E-state index in [1.165, 1.54) is 6.07 Å². The minimum Gasteiger partial charge on any atom is -0.484 e. The largest absolute Gasteiger partial charge is 0.484 e. The first kappa shape index (κ1) is 13.8. The Balaban J connectivity index is 0.000000921. The molecule has 0 spiro atoms. The van der Waals surface area contributed by atoms with Crippen LogP contribution < -0.4 is 4.74 Å². The third-order valence-electron chi connectivity index (χ3n) is 1.48. The van der Waals surface area contributed by atoms with Crippen molar-refractivity contribution in [2.45, 2.75) is 26.9 Å². The Labute approximate surface area is 87.9 Å². The van der Waals surface area contributed by atoms with Crippen LogP contribution in [0.1, 0.15) is 19.4 Å². The molecule has 0 saturated heterocycles. The molecule has 1 aromatic carbocycles. The van der Waals surface area contributed by atoms with Crippen LogP contribution in [0, 0.1) is 6.92 Å². The molecule has 0 saturated carbocycles. The first-order chi connectivity index (χ1) is 6.99. The Morgan fingerprint density at radius 3 is 2.13 bits per heavy atom. The number of hydrogen-bond donors (Lipinski definition) is 0. The lowest BCUT2D eigenvalue weighted by Gasteiger charge is -2.10. The predicted molar refractivity (Wildman–Crippen MR) is 54.1 cm³/mol. The number of alkyl halides is 3. The van der Waals surface area contributed by atoms with Gasteiger partial charge in [0.15, 0.2) is 6.61 Å². The average Bonchev–Trinajstić information content (AvgIpc) is 2.18. The number of rotatable bonds is 2. The minimum atomic E-state index is -4.28. The molecule has 0 radical (unpaired) electrons. The summed E-state index contributed by atoms with van der Waals surface area (Å²) in [6.45, 7) is 4.46. The predicted octanol–water partition coefficient (Wildman–Crippen LogP) is 3.96. The van der Waals surface area contributed by atoms with Crippen molar-refractivity contribution < 1.29 is 17.9 Å². The van der Waals surface area contributed by atoms with Gasteiger partial charge < -0.3 is 4.74 Å². The Morgan fingerprint density at radius 2 is 1.67 bits per heavy atom. The van der Waals surface area contributed by atoms with E-state index in [4.69, 9.17) is 0 Å². The van der Waals surface area contributed by atoms with Gasteiger partial charge in [0, 0.05) is 0 Å². The second-order valence-corrected chi connectivity index (χ2v) is 2.67. The lowest BCUT2D eigenvalue weighted by Crippen LogP contribution is -2.19. The molecule has 0 fully saturated rings. The number of aryl methyl sites for hydroxylation is 1. The maximum atomic E-state index is 11.7. The molecule has 0 unspecified atom stereocenters. The Hall–Kier alpha value is -1.19. The molecule has 0 aromatic heterocycles. The van der Waals surface area contributed by atoms with E-state index in [1.807, 2.05) is 13.8 Å². The molecule has 86 valence electrons. The van der Waals surface area contributed by atoms with E-state index < -0.39 is 12.8 Å². The highest BCUT2D eigenvalue weighted by Gasteiger charge is 2.28. The molecule has 0 bridgehead atoms. The van der Waals surface area contributed by atoms with Crippen LogP contribution in [-0.4, -0.2) is 12.8 Å². The van der Waals surface area contributed by atoms with Crippen molar-refractivity contribution in [3.63, 3.8) is 0 Å². The first-order valence-electron chi connectivity index (χ1n) is 4.74. The van der Waals surface area contributed by atoms with Crippen molar-refractivity contribution in [3.8, 4) is 5.75 Å². The van der Waals surface area contributed by atoms with E-state index in [9.17, 15) is 13.2 Å². The number of halogens is 3. The zero-order valence-corrected chi connectivity index (χ0v) is 9.06. The fraction of sp³-hybridized carbons (Fsp3) is 0.455. The molecule has 1 rings (SSSR count). The van der Waals surface area contributed by atoms with Crippen LogP contribution in [0.25, 0.3) is 0 Å². The van der Waals surface area contributed by atoms with Crippen LogP contribution in [0.4, 0.5) is 13.2 Å². The molecule has 0 N–H and O–H groups in total. The molecular formula is C11H15F3O. The van der Waals surface area contributed by atoms with Gasteiger partial charge in [-0.05, 0) is 18.6 Å². The lowest BCUT2D eigenvalue weighted by molar-refractivity contribution is -0.153. The van der Waals surface area contributed by atoms with E-state index in [0.717, 1.165) is 0 Å². The summed E-state index contributed by atoms with van der Waals surface area (Å²) in [6, 6.07) is 6.60. The van der Waals surface area contributed by atoms with E-state index in [0.29, 0.717) is 5.56 Å². The molecular weight excluding hydrogens is 205 g/mol. The smallest absolute Gasteiger partial charge is 0.422 e. The van der Waals surface area contributed by atoms with Crippen molar-refractivity contribution >= 4 is 0 Å². The summed E-state index contributed by atoms with van der Waals surface area (Å²) in [5.74, 6) is 0.278. The fourth-order valence-corrected chi connectivity index (χ4v) is 0.878.